The quantitative estimate of drug-likeness (QED) is 0.291. The number of hydrogen-bond acceptors (Lipinski definition) is 4. The molecule has 0 aromatic rings. The molecule has 2 N–H and O–H groups in total. The largest absolute Gasteiger partial charge is 0.469 e. The van der Waals surface area contributed by atoms with Crippen LogP contribution in [-0.2, 0) is 9.53 Å². The predicted molar refractivity (Wildman–Crippen MR) is 89.6 cm³/mol. The van der Waals surface area contributed by atoms with Gasteiger partial charge in [-0.25, -0.2) is 0 Å². The van der Waals surface area contributed by atoms with Crippen LogP contribution in [0.2, 0.25) is 0 Å². The van der Waals surface area contributed by atoms with Gasteiger partial charge in [0.15, 0.2) is 0 Å². The van der Waals surface area contributed by atoms with Crippen molar-refractivity contribution in [3.63, 3.8) is 0 Å². The van der Waals surface area contributed by atoms with Gasteiger partial charge in [-0.3, -0.25) is 4.79 Å². The van der Waals surface area contributed by atoms with Crippen LogP contribution in [0.25, 0.3) is 0 Å². The Morgan fingerprint density at radius 2 is 1.68 bits per heavy atom. The Kier molecular flexibility index (Phi) is 14.4. The number of hydrogen-bond donors (Lipinski definition) is 2. The number of aliphatic hydroxyl groups excluding tert-OH is 2. The summed E-state index contributed by atoms with van der Waals surface area (Å²) < 4.78 is 4.59. The van der Waals surface area contributed by atoms with Gasteiger partial charge in [0, 0.05) is 6.42 Å². The van der Waals surface area contributed by atoms with E-state index in [-0.39, 0.29) is 5.97 Å². The van der Waals surface area contributed by atoms with Gasteiger partial charge in [-0.1, -0.05) is 51.2 Å². The number of aliphatic hydroxyl groups is 2. The SMILES string of the molecule is CCCCC(O)C(O)CC=CCCCCCCCC(=O)OC. The minimum Gasteiger partial charge on any atom is -0.469 e. The zero-order valence-corrected chi connectivity index (χ0v) is 14.3. The lowest BCUT2D eigenvalue weighted by atomic mass is 10.0. The third-order valence-electron chi connectivity index (χ3n) is 3.82. The highest BCUT2D eigenvalue weighted by Gasteiger charge is 2.13. The summed E-state index contributed by atoms with van der Waals surface area (Å²) in [5.74, 6) is -0.123. The molecule has 0 rings (SSSR count). The van der Waals surface area contributed by atoms with Gasteiger partial charge >= 0.3 is 5.97 Å². The summed E-state index contributed by atoms with van der Waals surface area (Å²) in [5, 5.41) is 19.5. The van der Waals surface area contributed by atoms with E-state index in [4.69, 9.17) is 0 Å². The molecule has 0 aromatic heterocycles. The summed E-state index contributed by atoms with van der Waals surface area (Å²) >= 11 is 0. The fourth-order valence-electron chi connectivity index (χ4n) is 2.28. The molecule has 4 heteroatoms. The molecule has 0 aromatic carbocycles. The van der Waals surface area contributed by atoms with Crippen molar-refractivity contribution in [2.45, 2.75) is 89.8 Å². The van der Waals surface area contributed by atoms with Crippen LogP contribution >= 0.6 is 0 Å². The number of esters is 1. The number of ether oxygens (including phenoxy) is 1. The average Bonchev–Trinajstić information content (AvgIpc) is 2.53. The second-order valence-electron chi connectivity index (χ2n) is 5.87. The Balaban J connectivity index is 3.42. The van der Waals surface area contributed by atoms with E-state index >= 15 is 0 Å². The normalized spacial score (nSPS) is 14.2. The number of unbranched alkanes of at least 4 members (excludes halogenated alkanes) is 6. The van der Waals surface area contributed by atoms with Crippen molar-refractivity contribution in [1.82, 2.24) is 0 Å². The fraction of sp³-hybridized carbons (Fsp3) is 0.833. The average molecular weight is 314 g/mol. The predicted octanol–water partition coefficient (Wildman–Crippen LogP) is 3.75. The molecule has 0 aliphatic carbocycles. The van der Waals surface area contributed by atoms with Gasteiger partial charge in [-0.2, -0.15) is 0 Å². The Bertz CT molecular complexity index is 289. The molecule has 0 saturated heterocycles. The molecule has 22 heavy (non-hydrogen) atoms. The van der Waals surface area contributed by atoms with Crippen molar-refractivity contribution in [2.24, 2.45) is 0 Å². The van der Waals surface area contributed by atoms with Gasteiger partial charge in [0.05, 0.1) is 19.3 Å². The molecule has 0 amide bonds. The van der Waals surface area contributed by atoms with Crippen molar-refractivity contribution in [3.8, 4) is 0 Å². The lowest BCUT2D eigenvalue weighted by Gasteiger charge is -2.15. The molecule has 2 unspecified atom stereocenters. The van der Waals surface area contributed by atoms with Crippen LogP contribution < -0.4 is 0 Å². The second kappa shape index (κ2) is 15.0. The molecule has 0 bridgehead atoms. The highest BCUT2D eigenvalue weighted by molar-refractivity contribution is 5.68. The molecular weight excluding hydrogens is 280 g/mol. The van der Waals surface area contributed by atoms with Crippen LogP contribution in [0.5, 0.6) is 0 Å². The standard InChI is InChI=1S/C18H34O4/c1-3-4-13-16(19)17(20)14-11-9-7-5-6-8-10-12-15-18(21)22-2/h9,11,16-17,19-20H,3-8,10,12-15H2,1-2H3. The highest BCUT2D eigenvalue weighted by Crippen LogP contribution is 2.10. The maximum absolute atomic E-state index is 10.9. The molecule has 0 aliphatic heterocycles. The van der Waals surface area contributed by atoms with Crippen molar-refractivity contribution in [3.05, 3.63) is 12.2 Å². The van der Waals surface area contributed by atoms with E-state index in [0.29, 0.717) is 19.3 Å². The summed E-state index contributed by atoms with van der Waals surface area (Å²) in [6.45, 7) is 2.08. The fourth-order valence-corrected chi connectivity index (χ4v) is 2.28. The van der Waals surface area contributed by atoms with Crippen molar-refractivity contribution < 1.29 is 19.7 Å². The number of methoxy groups -OCH3 is 1. The summed E-state index contributed by atoms with van der Waals surface area (Å²) in [7, 11) is 1.43. The zero-order valence-electron chi connectivity index (χ0n) is 14.3. The third-order valence-corrected chi connectivity index (χ3v) is 3.82. The summed E-state index contributed by atoms with van der Waals surface area (Å²) in [6.07, 6.45) is 13.0. The molecule has 0 saturated carbocycles. The second-order valence-corrected chi connectivity index (χ2v) is 5.87. The molecular formula is C18H34O4. The number of rotatable bonds is 14. The van der Waals surface area contributed by atoms with Gasteiger partial charge in [0.25, 0.3) is 0 Å². The zero-order chi connectivity index (χ0) is 16.6. The Labute approximate surface area is 135 Å². The van der Waals surface area contributed by atoms with Gasteiger partial charge in [0.1, 0.15) is 0 Å². The molecule has 0 spiro atoms. The Morgan fingerprint density at radius 1 is 1.00 bits per heavy atom. The van der Waals surface area contributed by atoms with E-state index in [0.717, 1.165) is 51.4 Å². The first kappa shape index (κ1) is 21.1. The van der Waals surface area contributed by atoms with Gasteiger partial charge in [0.2, 0.25) is 0 Å². The van der Waals surface area contributed by atoms with E-state index in [1.807, 2.05) is 6.08 Å². The lowest BCUT2D eigenvalue weighted by Crippen LogP contribution is -2.24. The summed E-state index contributed by atoms with van der Waals surface area (Å²) in [6, 6.07) is 0. The Morgan fingerprint density at radius 3 is 2.36 bits per heavy atom. The van der Waals surface area contributed by atoms with E-state index in [2.05, 4.69) is 17.7 Å². The van der Waals surface area contributed by atoms with Crippen LogP contribution in [0.3, 0.4) is 0 Å². The van der Waals surface area contributed by atoms with Crippen molar-refractivity contribution >= 4 is 5.97 Å². The minimum absolute atomic E-state index is 0.123. The molecule has 0 fully saturated rings. The first-order valence-corrected chi connectivity index (χ1v) is 8.69. The van der Waals surface area contributed by atoms with Crippen LogP contribution in [0.15, 0.2) is 12.2 Å². The molecule has 0 radical (unpaired) electrons. The molecule has 2 atom stereocenters. The topological polar surface area (TPSA) is 66.8 Å². The number of allylic oxidation sites excluding steroid dienone is 1. The monoisotopic (exact) mass is 314 g/mol. The van der Waals surface area contributed by atoms with Crippen LogP contribution in [0.1, 0.15) is 77.6 Å². The van der Waals surface area contributed by atoms with Crippen LogP contribution in [-0.4, -0.2) is 35.5 Å². The van der Waals surface area contributed by atoms with Gasteiger partial charge in [-0.15, -0.1) is 0 Å². The van der Waals surface area contributed by atoms with Crippen LogP contribution in [0.4, 0.5) is 0 Å². The van der Waals surface area contributed by atoms with Crippen molar-refractivity contribution in [2.75, 3.05) is 7.11 Å². The Hall–Kier alpha value is -0.870. The molecule has 0 heterocycles. The van der Waals surface area contributed by atoms with E-state index in [1.165, 1.54) is 7.11 Å². The molecule has 130 valence electrons. The van der Waals surface area contributed by atoms with Crippen molar-refractivity contribution in [1.29, 1.82) is 0 Å². The highest BCUT2D eigenvalue weighted by atomic mass is 16.5. The van der Waals surface area contributed by atoms with Crippen LogP contribution in [0, 0.1) is 0 Å². The smallest absolute Gasteiger partial charge is 0.305 e. The van der Waals surface area contributed by atoms with E-state index in [1.54, 1.807) is 0 Å². The maximum atomic E-state index is 10.9. The van der Waals surface area contributed by atoms with E-state index in [9.17, 15) is 15.0 Å². The first-order valence-electron chi connectivity index (χ1n) is 8.69. The van der Waals surface area contributed by atoms with Gasteiger partial charge < -0.3 is 14.9 Å². The molecule has 0 aliphatic rings. The molecule has 4 nitrogen and oxygen atoms in total. The maximum Gasteiger partial charge on any atom is 0.305 e. The first-order chi connectivity index (χ1) is 10.6. The third kappa shape index (κ3) is 12.8. The lowest BCUT2D eigenvalue weighted by molar-refractivity contribution is -0.140. The summed E-state index contributed by atoms with van der Waals surface area (Å²) in [5.41, 5.74) is 0. The van der Waals surface area contributed by atoms with Gasteiger partial charge in [-0.05, 0) is 32.1 Å². The van der Waals surface area contributed by atoms with E-state index < -0.39 is 12.2 Å². The number of carbonyl (C=O) groups is 1. The summed E-state index contributed by atoms with van der Waals surface area (Å²) in [4.78, 5) is 10.9. The number of carbonyl (C=O) groups excluding carboxylic acids is 1. The minimum atomic E-state index is -0.638.